The van der Waals surface area contributed by atoms with E-state index in [1.165, 1.54) is 42.4 Å². The summed E-state index contributed by atoms with van der Waals surface area (Å²) in [6, 6.07) is 19.2. The Morgan fingerprint density at radius 2 is 1.62 bits per heavy atom. The van der Waals surface area contributed by atoms with E-state index in [9.17, 15) is 0 Å². The molecule has 1 aliphatic rings. The van der Waals surface area contributed by atoms with Gasteiger partial charge in [0.25, 0.3) is 0 Å². The van der Waals surface area contributed by atoms with Gasteiger partial charge in [0.1, 0.15) is 5.82 Å². The maximum Gasteiger partial charge on any atom is 0.208 e. The summed E-state index contributed by atoms with van der Waals surface area (Å²) in [6.07, 6.45) is 5.14. The number of thioether (sulfide) groups is 1. The molecule has 0 aliphatic heterocycles. The summed E-state index contributed by atoms with van der Waals surface area (Å²) in [5.41, 5.74) is 3.81. The van der Waals surface area contributed by atoms with Crippen LogP contribution in [0.1, 0.15) is 43.0 Å². The molecule has 1 heterocycles. The number of hydrogen-bond acceptors (Lipinski definition) is 3. The van der Waals surface area contributed by atoms with Gasteiger partial charge in [0, 0.05) is 11.7 Å². The standard InChI is InChI=1S/C20H21N3S/c1-2-6-16(7-3-1)17-12-10-15(11-13-17)14-24-20-21-19(22-23-20)18-8-4-5-9-18/h1-3,6-7,10-13,18H,4-5,8-9,14H2,(H,21,22,23). The van der Waals surface area contributed by atoms with Crippen molar-refractivity contribution in [2.45, 2.75) is 42.5 Å². The molecule has 1 N–H and O–H groups in total. The normalized spacial score (nSPS) is 15.0. The molecular formula is C20H21N3S. The van der Waals surface area contributed by atoms with Crippen LogP contribution in [0.3, 0.4) is 0 Å². The van der Waals surface area contributed by atoms with E-state index in [0.29, 0.717) is 5.92 Å². The summed E-state index contributed by atoms with van der Waals surface area (Å²) in [4.78, 5) is 4.67. The van der Waals surface area contributed by atoms with E-state index in [-0.39, 0.29) is 0 Å². The van der Waals surface area contributed by atoms with Gasteiger partial charge in [-0.1, -0.05) is 79.2 Å². The zero-order valence-electron chi connectivity index (χ0n) is 13.6. The third kappa shape index (κ3) is 3.54. The Morgan fingerprint density at radius 1 is 0.917 bits per heavy atom. The van der Waals surface area contributed by atoms with Crippen molar-refractivity contribution >= 4 is 11.8 Å². The van der Waals surface area contributed by atoms with Gasteiger partial charge in [0.05, 0.1) is 0 Å². The minimum atomic E-state index is 0.594. The van der Waals surface area contributed by atoms with Gasteiger partial charge in [-0.2, -0.15) is 0 Å². The van der Waals surface area contributed by atoms with E-state index in [2.05, 4.69) is 63.7 Å². The second-order valence-electron chi connectivity index (χ2n) is 6.34. The van der Waals surface area contributed by atoms with Crippen molar-refractivity contribution in [3.63, 3.8) is 0 Å². The van der Waals surface area contributed by atoms with Crippen molar-refractivity contribution in [3.8, 4) is 11.1 Å². The molecule has 0 unspecified atom stereocenters. The molecule has 3 nitrogen and oxygen atoms in total. The van der Waals surface area contributed by atoms with Gasteiger partial charge >= 0.3 is 0 Å². The van der Waals surface area contributed by atoms with Gasteiger partial charge in [0.2, 0.25) is 5.16 Å². The van der Waals surface area contributed by atoms with Gasteiger partial charge in [-0.3, -0.25) is 5.10 Å². The van der Waals surface area contributed by atoms with E-state index in [1.54, 1.807) is 11.8 Å². The van der Waals surface area contributed by atoms with Crippen LogP contribution in [-0.4, -0.2) is 15.2 Å². The van der Waals surface area contributed by atoms with Crippen molar-refractivity contribution in [3.05, 3.63) is 66.0 Å². The summed E-state index contributed by atoms with van der Waals surface area (Å²) in [5, 5.41) is 8.37. The maximum atomic E-state index is 4.67. The minimum Gasteiger partial charge on any atom is -0.262 e. The molecule has 4 heteroatoms. The van der Waals surface area contributed by atoms with Crippen molar-refractivity contribution < 1.29 is 0 Å². The van der Waals surface area contributed by atoms with Crippen LogP contribution in [0, 0.1) is 0 Å². The number of aromatic amines is 1. The average Bonchev–Trinajstić information content (AvgIpc) is 3.33. The number of H-pyrrole nitrogens is 1. The topological polar surface area (TPSA) is 41.6 Å². The highest BCUT2D eigenvalue weighted by atomic mass is 32.2. The number of nitrogens with zero attached hydrogens (tertiary/aromatic N) is 2. The lowest BCUT2D eigenvalue weighted by Crippen LogP contribution is -1.94. The number of benzene rings is 2. The fourth-order valence-electron chi connectivity index (χ4n) is 3.28. The van der Waals surface area contributed by atoms with E-state index in [4.69, 9.17) is 0 Å². The summed E-state index contributed by atoms with van der Waals surface area (Å²) in [7, 11) is 0. The fraction of sp³-hybridized carbons (Fsp3) is 0.300. The van der Waals surface area contributed by atoms with Crippen LogP contribution in [0.5, 0.6) is 0 Å². The Balaban J connectivity index is 1.37. The van der Waals surface area contributed by atoms with Crippen LogP contribution in [-0.2, 0) is 5.75 Å². The SMILES string of the molecule is c1ccc(-c2ccc(CSc3n[nH]c(C4CCCC4)n3)cc2)cc1. The molecule has 3 aromatic rings. The monoisotopic (exact) mass is 335 g/mol. The summed E-state index contributed by atoms with van der Waals surface area (Å²) < 4.78 is 0. The molecule has 24 heavy (non-hydrogen) atoms. The second-order valence-corrected chi connectivity index (χ2v) is 7.28. The molecule has 0 spiro atoms. The predicted molar refractivity (Wildman–Crippen MR) is 99.0 cm³/mol. The zero-order valence-corrected chi connectivity index (χ0v) is 14.4. The molecule has 1 saturated carbocycles. The third-order valence-electron chi connectivity index (χ3n) is 4.65. The highest BCUT2D eigenvalue weighted by molar-refractivity contribution is 7.98. The van der Waals surface area contributed by atoms with Crippen LogP contribution in [0.4, 0.5) is 0 Å². The Bertz CT molecular complexity index is 774. The highest BCUT2D eigenvalue weighted by Gasteiger charge is 2.20. The molecule has 122 valence electrons. The van der Waals surface area contributed by atoms with Crippen LogP contribution in [0.15, 0.2) is 59.8 Å². The van der Waals surface area contributed by atoms with E-state index >= 15 is 0 Å². The Labute approximate surface area is 146 Å². The van der Waals surface area contributed by atoms with Crippen LogP contribution in [0.25, 0.3) is 11.1 Å². The third-order valence-corrected chi connectivity index (χ3v) is 5.57. The van der Waals surface area contributed by atoms with Gasteiger partial charge in [-0.05, 0) is 29.5 Å². The molecule has 0 bridgehead atoms. The predicted octanol–water partition coefficient (Wildman–Crippen LogP) is 5.42. The van der Waals surface area contributed by atoms with Crippen molar-refractivity contribution in [2.24, 2.45) is 0 Å². The quantitative estimate of drug-likeness (QED) is 0.633. The first-order valence-corrected chi connectivity index (χ1v) is 9.56. The van der Waals surface area contributed by atoms with Gasteiger partial charge in [-0.25, -0.2) is 4.98 Å². The molecule has 4 rings (SSSR count). The summed E-state index contributed by atoms with van der Waals surface area (Å²) in [6.45, 7) is 0. The highest BCUT2D eigenvalue weighted by Crippen LogP contribution is 2.33. The molecule has 0 atom stereocenters. The smallest absolute Gasteiger partial charge is 0.208 e. The second kappa shape index (κ2) is 7.22. The van der Waals surface area contributed by atoms with Gasteiger partial charge in [-0.15, -0.1) is 5.10 Å². The van der Waals surface area contributed by atoms with E-state index < -0.39 is 0 Å². The summed E-state index contributed by atoms with van der Waals surface area (Å²) >= 11 is 1.70. The number of aromatic nitrogens is 3. The molecule has 1 aliphatic carbocycles. The maximum absolute atomic E-state index is 4.67. The molecule has 2 aromatic carbocycles. The Kier molecular flexibility index (Phi) is 4.65. The Morgan fingerprint density at radius 3 is 2.38 bits per heavy atom. The lowest BCUT2D eigenvalue weighted by molar-refractivity contribution is 0.671. The van der Waals surface area contributed by atoms with Crippen LogP contribution in [0.2, 0.25) is 0 Å². The average molecular weight is 335 g/mol. The Hall–Kier alpha value is -2.07. The summed E-state index contributed by atoms with van der Waals surface area (Å²) in [5.74, 6) is 2.57. The first kappa shape index (κ1) is 15.5. The minimum absolute atomic E-state index is 0.594. The number of rotatable bonds is 5. The molecule has 1 aromatic heterocycles. The van der Waals surface area contributed by atoms with Crippen molar-refractivity contribution in [1.29, 1.82) is 0 Å². The molecule has 0 amide bonds. The first-order valence-electron chi connectivity index (χ1n) is 8.58. The van der Waals surface area contributed by atoms with Crippen molar-refractivity contribution in [2.75, 3.05) is 0 Å². The molecule has 1 fully saturated rings. The number of hydrogen-bond donors (Lipinski definition) is 1. The van der Waals surface area contributed by atoms with Gasteiger partial charge < -0.3 is 0 Å². The van der Waals surface area contributed by atoms with Crippen molar-refractivity contribution in [1.82, 2.24) is 15.2 Å². The molecular weight excluding hydrogens is 314 g/mol. The first-order chi connectivity index (χ1) is 11.9. The lowest BCUT2D eigenvalue weighted by Gasteiger charge is -2.04. The van der Waals surface area contributed by atoms with E-state index in [1.807, 2.05) is 6.07 Å². The molecule has 0 saturated heterocycles. The zero-order chi connectivity index (χ0) is 16.2. The van der Waals surface area contributed by atoms with Crippen LogP contribution < -0.4 is 0 Å². The van der Waals surface area contributed by atoms with E-state index in [0.717, 1.165) is 16.7 Å². The fourth-order valence-corrected chi connectivity index (χ4v) is 4.04. The van der Waals surface area contributed by atoms with Gasteiger partial charge in [0.15, 0.2) is 0 Å². The van der Waals surface area contributed by atoms with Crippen LogP contribution >= 0.6 is 11.8 Å². The molecule has 0 radical (unpaired) electrons. The number of nitrogens with one attached hydrogen (secondary N) is 1. The lowest BCUT2D eigenvalue weighted by atomic mass is 10.0. The largest absolute Gasteiger partial charge is 0.262 e.